The Morgan fingerprint density at radius 1 is 0.457 bits per heavy atom. The fourth-order valence-corrected chi connectivity index (χ4v) is 19.8. The Kier molecular flexibility index (Phi) is 49.9. The summed E-state index contributed by atoms with van der Waals surface area (Å²) in [6.45, 7) is 26.0. The summed E-state index contributed by atoms with van der Waals surface area (Å²) >= 11 is 23.1. The molecule has 10 N–H and O–H groups in total. The minimum atomic E-state index is -5.08. The maximum Gasteiger partial charge on any atom is 1.00 e. The third-order valence-corrected chi connectivity index (χ3v) is 28.5. The topological polar surface area (TPSA) is 332 Å². The van der Waals surface area contributed by atoms with Gasteiger partial charge < -0.3 is 72.5 Å². The smallest absolute Gasteiger partial charge is 1.00 e. The SMILES string of the molecule is Brc1ccsc1-c1nc2ccccc2[nH]1.CC(C)CBr.CC(C)Cn1c(-c2sccc2Br)nc2ccccc21.CC(C)Cn1c(-c2sccc2N)nc2ccccc21.CC(C)Cn1c(-c2sccc2NC(=O)C(F)(F)F)nc2ccccc21.COc1ccc(CNc2ccsc2-c2nc3ccccc3n2CC(C)C)cc1.Nc1ccccc1N.O=C(O)C(F)(F)F.O=CO[O-].O=Cc1sccc1Br.[H-].[K+].[K+]. The molecule has 0 spiro atoms. The number of aromatic amines is 1. The molecule has 0 saturated carbocycles. The van der Waals surface area contributed by atoms with Crippen LogP contribution in [-0.2, 0) is 52.0 Å². The summed E-state index contributed by atoms with van der Waals surface area (Å²) in [7, 11) is 1.69. The number of carbonyl (C=O) groups is 4. The number of H-pyrrole nitrogens is 1. The molecule has 18 rings (SSSR count). The van der Waals surface area contributed by atoms with Gasteiger partial charge in [-0.1, -0.05) is 170 Å². The number of nitrogen functional groups attached to an aromatic ring is 3. The van der Waals surface area contributed by atoms with Crippen molar-refractivity contribution < 1.29 is 170 Å². The van der Waals surface area contributed by atoms with E-state index >= 15 is 0 Å². The van der Waals surface area contributed by atoms with Gasteiger partial charge in [0.1, 0.15) is 11.6 Å². The molecule has 11 heterocycles. The van der Waals surface area contributed by atoms with Crippen LogP contribution in [0.15, 0.2) is 252 Å². The van der Waals surface area contributed by atoms with E-state index in [1.807, 2.05) is 129 Å². The van der Waals surface area contributed by atoms with Gasteiger partial charge in [0.05, 0.1) is 120 Å². The van der Waals surface area contributed by atoms with Crippen molar-refractivity contribution >= 4 is 240 Å². The number of alkyl halides is 7. The Morgan fingerprint density at radius 2 is 0.800 bits per heavy atom. The molecule has 7 aromatic carbocycles. The first-order chi connectivity index (χ1) is 65.9. The molecule has 0 radical (unpaired) electrons. The first kappa shape index (κ1) is 119. The molecule has 0 aliphatic rings. The second-order valence-electron chi connectivity index (χ2n) is 32.1. The predicted octanol–water partition coefficient (Wildman–Crippen LogP) is 22.6. The number of aliphatic carboxylic acids is 1. The van der Waals surface area contributed by atoms with Gasteiger partial charge in [0.15, 0.2) is 29.6 Å². The number of benzene rings is 7. The fraction of sp³-hybridized carbons (Fsp3) is 0.242. The van der Waals surface area contributed by atoms with Crippen molar-refractivity contribution in [2.24, 2.45) is 29.6 Å². The number of thiophene rings is 6. The summed E-state index contributed by atoms with van der Waals surface area (Å²) in [5.74, 6) is 3.55. The van der Waals surface area contributed by atoms with Gasteiger partial charge in [-0.15, -0.1) is 68.0 Å². The zero-order valence-electron chi connectivity index (χ0n) is 79.7. The molecule has 140 heavy (non-hydrogen) atoms. The maximum atomic E-state index is 12.6. The van der Waals surface area contributed by atoms with Crippen LogP contribution in [0.5, 0.6) is 5.75 Å². The van der Waals surface area contributed by atoms with Gasteiger partial charge in [-0.3, -0.25) is 14.4 Å². The number of imidazole rings is 5. The number of aldehydes is 1. The molecule has 11 aromatic heterocycles. The molecule has 0 atom stereocenters. The normalized spacial score (nSPS) is 10.8. The standard InChI is InChI=1S/C23H25N3OS.C17H16F3N3OS.C15H15BrN2S.C15H17N3S.C11H7BrN2S.C6H8N2.C5H3BrOS.C4H9Br.C2HF3O2.CH2O3.2K.H/c1-16(2)15-26-21-7-5-4-6-19(21)25-23(26)22-20(12-13-28-22)24-14-17-8-10-18(27-3)11-9-17;1-10(2)9-23-13-6-4-3-5-11(13)21-15(23)14-12(7-8-25-14)22-16(24)17(18,19)20;2*1-10(2)9-18-13-6-4-3-5-12(13)17-15(18)14-11(16)7-8-19-14;12-7-5-6-15-10(7)11-13-8-3-1-2-4-9(8)14-11;7-5-3-1-2-4-6(5)8;6-4-1-2-8-5(4)3-7;1-4(2)3-5;3-2(4,5)1(6)7;2-1-4-3;;;/h4-13,16,24H,14-15H2,1-3H3;3-8,10H,9H2,1-2H3,(H,22,24);3-8,10H,9H2,1-2H3;3-8,10H,9,16H2,1-2H3;1-6H,(H,13,14);1-4H,7-8H2;1-3H;4H,3H2,1-2H3;(H,6,7);1,3H;;;/q;;;;;;;;;;2*+1;-1/p-1. The number of aromatic nitrogens is 10. The quantitative estimate of drug-likeness (QED) is 0.00668. The van der Waals surface area contributed by atoms with Crippen LogP contribution in [-0.4, -0.2) is 103 Å². The summed E-state index contributed by atoms with van der Waals surface area (Å²) in [6.07, 6.45) is -9.17. The first-order valence-electron chi connectivity index (χ1n) is 42.7. The molecule has 730 valence electrons. The minimum absolute atomic E-state index is 0. The van der Waals surface area contributed by atoms with E-state index in [9.17, 15) is 35.9 Å². The Balaban J connectivity index is 0.000000251. The van der Waals surface area contributed by atoms with Gasteiger partial charge in [0.25, 0.3) is 6.47 Å². The van der Waals surface area contributed by atoms with E-state index in [4.69, 9.17) is 56.8 Å². The monoisotopic (exact) mass is 2330 g/mol. The number of anilines is 5. The van der Waals surface area contributed by atoms with Crippen molar-refractivity contribution in [3.63, 3.8) is 0 Å². The number of nitrogens with zero attached hydrogens (tertiary/aromatic N) is 9. The van der Waals surface area contributed by atoms with Crippen LogP contribution in [0.1, 0.15) is 85.9 Å². The van der Waals surface area contributed by atoms with E-state index in [0.29, 0.717) is 52.3 Å². The predicted molar refractivity (Wildman–Crippen MR) is 569 cm³/mol. The van der Waals surface area contributed by atoms with E-state index in [-0.39, 0.29) is 116 Å². The number of carboxylic acids is 1. The van der Waals surface area contributed by atoms with Gasteiger partial charge in [0.2, 0.25) is 0 Å². The molecule has 0 saturated heterocycles. The van der Waals surface area contributed by atoms with Gasteiger partial charge in [0, 0.05) is 51.5 Å². The van der Waals surface area contributed by atoms with Crippen LogP contribution in [0.4, 0.5) is 54.8 Å². The fourth-order valence-electron chi connectivity index (χ4n) is 12.9. The van der Waals surface area contributed by atoms with E-state index in [1.165, 1.54) is 60.6 Å². The Hall–Kier alpha value is -8.10. The van der Waals surface area contributed by atoms with Crippen LogP contribution in [0.2, 0.25) is 0 Å². The summed E-state index contributed by atoms with van der Waals surface area (Å²) in [5.41, 5.74) is 31.9. The largest absolute Gasteiger partial charge is 1.00 e. The maximum absolute atomic E-state index is 12.6. The molecular weight excluding hydrogens is 2230 g/mol. The van der Waals surface area contributed by atoms with Gasteiger partial charge in [-0.2, -0.15) is 26.3 Å². The van der Waals surface area contributed by atoms with Crippen LogP contribution in [0.3, 0.4) is 0 Å². The Labute approximate surface area is 951 Å². The Morgan fingerprint density at radius 3 is 1.14 bits per heavy atom. The molecule has 23 nitrogen and oxygen atoms in total. The number of fused-ring (bicyclic) bond motifs is 5. The second kappa shape index (κ2) is 58.8. The van der Waals surface area contributed by atoms with Crippen LogP contribution >= 0.6 is 132 Å². The van der Waals surface area contributed by atoms with Crippen LogP contribution in [0.25, 0.3) is 109 Å². The molecule has 0 fully saturated rings. The van der Waals surface area contributed by atoms with Gasteiger partial charge >= 0.3 is 127 Å². The zero-order chi connectivity index (χ0) is 101. The molecule has 0 unspecified atom stereocenters. The summed E-state index contributed by atoms with van der Waals surface area (Å²) in [4.78, 5) is 74.3. The van der Waals surface area contributed by atoms with E-state index < -0.39 is 24.2 Å². The number of para-hydroxylation sites is 12. The van der Waals surface area contributed by atoms with E-state index in [1.54, 1.807) is 70.0 Å². The number of nitrogens with two attached hydrogens (primary N) is 3. The Bertz CT molecular complexity index is 6730. The van der Waals surface area contributed by atoms with Crippen molar-refractivity contribution in [2.75, 3.05) is 40.3 Å². The van der Waals surface area contributed by atoms with Crippen LogP contribution < -0.4 is 141 Å². The number of hydrogen-bond donors (Lipinski definition) is 7. The molecular formula is C99H103Br4F6K2N15O8S6. The van der Waals surface area contributed by atoms with E-state index in [0.717, 1.165) is 151 Å². The number of rotatable bonds is 21. The number of nitrogens with one attached hydrogen (secondary N) is 3. The number of amides is 1. The average molecular weight is 2340 g/mol. The molecule has 0 aliphatic carbocycles. The summed E-state index contributed by atoms with van der Waals surface area (Å²) in [5, 5.41) is 34.0. The average Bonchev–Trinajstić information content (AvgIpc) is 1.62. The van der Waals surface area contributed by atoms with Crippen molar-refractivity contribution in [2.45, 2.75) is 114 Å². The summed E-state index contributed by atoms with van der Waals surface area (Å²) < 4.78 is 86.7. The number of carbonyl (C=O) groups excluding carboxylic acids is 3. The second-order valence-corrected chi connectivity index (χ2v) is 40.9. The summed E-state index contributed by atoms with van der Waals surface area (Å²) in [6, 6.07) is 67.5. The van der Waals surface area contributed by atoms with Crippen molar-refractivity contribution in [1.82, 2.24) is 48.2 Å². The number of carboxylic acid groups (broad SMARTS) is 1. The number of halogens is 10. The van der Waals surface area contributed by atoms with Crippen molar-refractivity contribution in [3.8, 4) is 59.3 Å². The van der Waals surface area contributed by atoms with E-state index in [2.05, 4.69) is 268 Å². The number of ether oxygens (including phenoxy) is 1. The number of hydrogen-bond acceptors (Lipinski definition) is 22. The zero-order valence-corrected chi connectivity index (χ0v) is 96.2. The van der Waals surface area contributed by atoms with Gasteiger partial charge in [-0.25, -0.2) is 29.7 Å². The molecule has 0 aliphatic heterocycles. The minimum Gasteiger partial charge on any atom is -1.00 e. The molecule has 0 bridgehead atoms. The third kappa shape index (κ3) is 35.1. The molecule has 41 heteroatoms. The van der Waals surface area contributed by atoms with Crippen LogP contribution in [0, 0.1) is 29.6 Å². The molecule has 1 amide bonds. The number of methoxy groups -OCH3 is 1. The van der Waals surface area contributed by atoms with Crippen molar-refractivity contribution in [3.05, 3.63) is 262 Å². The first-order valence-corrected chi connectivity index (χ1v) is 51.5. The van der Waals surface area contributed by atoms with Gasteiger partial charge in [-0.05, 0) is 237 Å². The third-order valence-electron chi connectivity index (χ3n) is 19.0. The van der Waals surface area contributed by atoms with Crippen molar-refractivity contribution in [1.29, 1.82) is 0 Å². The molecule has 18 aromatic rings.